The van der Waals surface area contributed by atoms with Gasteiger partial charge in [0.2, 0.25) is 0 Å². The van der Waals surface area contributed by atoms with E-state index >= 15 is 0 Å². The highest BCUT2D eigenvalue weighted by Crippen LogP contribution is 2.27. The average Bonchev–Trinajstić information content (AvgIpc) is 3.03. The minimum atomic E-state index is -1.26. The van der Waals surface area contributed by atoms with Crippen molar-refractivity contribution in [1.82, 2.24) is 19.7 Å². The van der Waals surface area contributed by atoms with Gasteiger partial charge < -0.3 is 4.98 Å². The van der Waals surface area contributed by atoms with Crippen LogP contribution in [0.3, 0.4) is 0 Å². The van der Waals surface area contributed by atoms with Crippen LogP contribution in [-0.4, -0.2) is 36.7 Å². The lowest BCUT2D eigenvalue weighted by Crippen LogP contribution is -2.34. The van der Waals surface area contributed by atoms with E-state index in [2.05, 4.69) is 25.7 Å². The van der Waals surface area contributed by atoms with Crippen molar-refractivity contribution in [2.24, 2.45) is 0 Å². The molecule has 130 valence electrons. The molecular formula is C18H20N4OS2. The molecule has 1 atom stereocenters. The first-order chi connectivity index (χ1) is 12.2. The molecule has 5 nitrogen and oxygen atoms in total. The van der Waals surface area contributed by atoms with Gasteiger partial charge in [0.05, 0.1) is 0 Å². The van der Waals surface area contributed by atoms with Crippen molar-refractivity contribution in [3.63, 3.8) is 0 Å². The zero-order valence-electron chi connectivity index (χ0n) is 14.0. The monoisotopic (exact) mass is 372 g/mol. The molecule has 0 aromatic carbocycles. The molecule has 1 aliphatic heterocycles. The molecule has 0 saturated carbocycles. The van der Waals surface area contributed by atoms with Crippen molar-refractivity contribution in [2.45, 2.75) is 30.8 Å². The quantitative estimate of drug-likeness (QED) is 0.736. The Hall–Kier alpha value is -1.70. The summed E-state index contributed by atoms with van der Waals surface area (Å²) in [6.07, 6.45) is 5.72. The molecule has 0 amide bonds. The second-order valence-electron chi connectivity index (χ2n) is 6.23. The Balaban J connectivity index is 1.56. The van der Waals surface area contributed by atoms with Crippen molar-refractivity contribution in [3.8, 4) is 11.1 Å². The van der Waals surface area contributed by atoms with Gasteiger partial charge in [-0.2, -0.15) is 11.8 Å². The molecular weight excluding hydrogens is 352 g/mol. The van der Waals surface area contributed by atoms with Gasteiger partial charge in [-0.1, -0.05) is 0 Å². The molecule has 1 aliphatic rings. The Labute approximate surface area is 153 Å². The summed E-state index contributed by atoms with van der Waals surface area (Å²) in [5.74, 6) is 2.27. The van der Waals surface area contributed by atoms with E-state index in [1.165, 1.54) is 0 Å². The summed E-state index contributed by atoms with van der Waals surface area (Å²) >= 11 is 1.96. The molecule has 3 aromatic heterocycles. The number of fused-ring (bicyclic) bond motifs is 1. The first kappa shape index (κ1) is 16.8. The van der Waals surface area contributed by atoms with Gasteiger partial charge >= 0.3 is 0 Å². The summed E-state index contributed by atoms with van der Waals surface area (Å²) in [5, 5.41) is 1.66. The molecule has 3 aromatic rings. The summed E-state index contributed by atoms with van der Waals surface area (Å²) in [7, 11) is -1.26. The molecule has 0 aliphatic carbocycles. The smallest absolute Gasteiger partial charge is 0.144 e. The van der Waals surface area contributed by atoms with Gasteiger partial charge in [-0.15, -0.1) is 0 Å². The maximum absolute atomic E-state index is 12.5. The summed E-state index contributed by atoms with van der Waals surface area (Å²) in [5.41, 5.74) is 4.03. The fraction of sp³-hybridized carbons (Fsp3) is 0.333. The zero-order valence-corrected chi connectivity index (χ0v) is 15.6. The van der Waals surface area contributed by atoms with Gasteiger partial charge in [-0.25, -0.2) is 18.9 Å². The van der Waals surface area contributed by atoms with E-state index < -0.39 is 11.0 Å². The van der Waals surface area contributed by atoms with Gasteiger partial charge in [0, 0.05) is 35.1 Å². The predicted octanol–water partition coefficient (Wildman–Crippen LogP) is 3.44. The van der Waals surface area contributed by atoms with Gasteiger partial charge in [0.15, 0.2) is 0 Å². The van der Waals surface area contributed by atoms with Crippen molar-refractivity contribution in [1.29, 1.82) is 0 Å². The number of nitrogens with one attached hydrogen (secondary N) is 2. The van der Waals surface area contributed by atoms with E-state index in [0.29, 0.717) is 11.1 Å². The van der Waals surface area contributed by atoms with Gasteiger partial charge in [-0.05, 0) is 61.1 Å². The summed E-state index contributed by atoms with van der Waals surface area (Å²) in [6, 6.07) is 8.23. The van der Waals surface area contributed by atoms with Gasteiger partial charge in [0.25, 0.3) is 0 Å². The van der Waals surface area contributed by atoms with E-state index in [0.717, 1.165) is 52.2 Å². The third kappa shape index (κ3) is 3.63. The van der Waals surface area contributed by atoms with Crippen LogP contribution in [0.2, 0.25) is 0 Å². The molecule has 4 heterocycles. The third-order valence-electron chi connectivity index (χ3n) is 4.40. The maximum Gasteiger partial charge on any atom is 0.144 e. The Morgan fingerprint density at radius 3 is 2.84 bits per heavy atom. The van der Waals surface area contributed by atoms with Crippen LogP contribution < -0.4 is 4.72 Å². The van der Waals surface area contributed by atoms with Crippen LogP contribution in [0.25, 0.3) is 22.2 Å². The van der Waals surface area contributed by atoms with Crippen molar-refractivity contribution < 1.29 is 4.21 Å². The van der Waals surface area contributed by atoms with Crippen molar-refractivity contribution in [2.75, 3.05) is 11.5 Å². The maximum atomic E-state index is 12.5. The van der Waals surface area contributed by atoms with Crippen LogP contribution in [0.4, 0.5) is 0 Å². The molecule has 1 fully saturated rings. The third-order valence-corrected chi connectivity index (χ3v) is 6.62. The van der Waals surface area contributed by atoms with E-state index in [-0.39, 0.29) is 0 Å². The molecule has 0 spiro atoms. The number of H-pyrrole nitrogens is 1. The van der Waals surface area contributed by atoms with Gasteiger partial charge in [0.1, 0.15) is 21.7 Å². The van der Waals surface area contributed by atoms with E-state index in [1.807, 2.05) is 36.9 Å². The highest BCUT2D eigenvalue weighted by atomic mass is 32.2. The molecule has 25 heavy (non-hydrogen) atoms. The number of hydrogen-bond acceptors (Lipinski definition) is 4. The summed E-state index contributed by atoms with van der Waals surface area (Å²) in [6.45, 7) is 2.02. The standard InChI is InChI=1S/C18H20N4OS2/c1-12-10-16-15(4-7-19-18(16)21-12)13-2-3-17(20-11-13)25(23)22-14-5-8-24-9-6-14/h2-4,7,10-11,14,22H,5-6,8-9H2,1H3,(H,19,21). The fourth-order valence-electron chi connectivity index (χ4n) is 3.09. The molecule has 2 N–H and O–H groups in total. The Morgan fingerprint density at radius 2 is 2.08 bits per heavy atom. The number of rotatable bonds is 4. The normalized spacial score (nSPS) is 17.0. The zero-order chi connectivity index (χ0) is 17.2. The molecule has 1 unspecified atom stereocenters. The van der Waals surface area contributed by atoms with Crippen LogP contribution in [-0.2, 0) is 11.0 Å². The minimum absolute atomic E-state index is 0.325. The van der Waals surface area contributed by atoms with Crippen LogP contribution in [0.1, 0.15) is 18.5 Å². The molecule has 7 heteroatoms. The fourth-order valence-corrected chi connectivity index (χ4v) is 5.19. The summed E-state index contributed by atoms with van der Waals surface area (Å²) < 4.78 is 15.7. The van der Waals surface area contributed by atoms with Crippen LogP contribution in [0.15, 0.2) is 41.7 Å². The lowest BCUT2D eigenvalue weighted by Gasteiger charge is -2.21. The highest BCUT2D eigenvalue weighted by molar-refractivity contribution is 7.99. The van der Waals surface area contributed by atoms with Crippen LogP contribution in [0, 0.1) is 6.92 Å². The number of aryl methyl sites for hydroxylation is 1. The SMILES string of the molecule is Cc1cc2c(-c3ccc(S(=O)NC4CCSCC4)nc3)ccnc2[nH]1. The van der Waals surface area contributed by atoms with Crippen LogP contribution in [0.5, 0.6) is 0 Å². The second-order valence-corrected chi connectivity index (χ2v) is 8.65. The number of pyridine rings is 2. The average molecular weight is 373 g/mol. The summed E-state index contributed by atoms with van der Waals surface area (Å²) in [4.78, 5) is 12.1. The minimum Gasteiger partial charge on any atom is -0.344 e. The van der Waals surface area contributed by atoms with Gasteiger partial charge in [-0.3, -0.25) is 0 Å². The van der Waals surface area contributed by atoms with Crippen molar-refractivity contribution in [3.05, 3.63) is 42.4 Å². The van der Waals surface area contributed by atoms with E-state index in [1.54, 1.807) is 12.4 Å². The predicted molar refractivity (Wildman–Crippen MR) is 104 cm³/mol. The number of hydrogen-bond donors (Lipinski definition) is 2. The number of nitrogens with zero attached hydrogens (tertiary/aromatic N) is 2. The number of thioether (sulfide) groups is 1. The largest absolute Gasteiger partial charge is 0.344 e. The Morgan fingerprint density at radius 1 is 1.24 bits per heavy atom. The molecule has 0 radical (unpaired) electrons. The lowest BCUT2D eigenvalue weighted by atomic mass is 10.1. The Bertz CT molecular complexity index is 901. The molecule has 1 saturated heterocycles. The van der Waals surface area contributed by atoms with Crippen LogP contribution >= 0.6 is 11.8 Å². The number of aromatic amines is 1. The lowest BCUT2D eigenvalue weighted by molar-refractivity contribution is 0.567. The first-order valence-electron chi connectivity index (χ1n) is 8.37. The molecule has 4 rings (SSSR count). The van der Waals surface area contributed by atoms with E-state index in [4.69, 9.17) is 0 Å². The molecule has 0 bridgehead atoms. The highest BCUT2D eigenvalue weighted by Gasteiger charge is 2.17. The van der Waals surface area contributed by atoms with Crippen molar-refractivity contribution >= 4 is 33.8 Å². The first-order valence-corrected chi connectivity index (χ1v) is 10.7. The Kier molecular flexibility index (Phi) is 4.87. The number of aromatic nitrogens is 3. The van der Waals surface area contributed by atoms with E-state index in [9.17, 15) is 4.21 Å². The second kappa shape index (κ2) is 7.27. The topological polar surface area (TPSA) is 70.7 Å².